The molecule has 2 aromatic heterocycles. The van der Waals surface area contributed by atoms with Crippen molar-refractivity contribution in [1.82, 2.24) is 9.78 Å². The fourth-order valence-electron chi connectivity index (χ4n) is 1.96. The lowest BCUT2D eigenvalue weighted by atomic mass is 10.1. The second-order valence-electron chi connectivity index (χ2n) is 4.54. The third-order valence-electron chi connectivity index (χ3n) is 3.07. The first-order valence-corrected chi connectivity index (χ1v) is 6.25. The minimum absolute atomic E-state index is 0.209. The highest BCUT2D eigenvalue weighted by molar-refractivity contribution is 5.72. The van der Waals surface area contributed by atoms with Crippen LogP contribution in [0.3, 0.4) is 0 Å². The van der Waals surface area contributed by atoms with Gasteiger partial charge in [0.1, 0.15) is 5.76 Å². The Morgan fingerprint density at radius 3 is 2.36 bits per heavy atom. The Morgan fingerprint density at radius 2 is 1.82 bits per heavy atom. The van der Waals surface area contributed by atoms with Crippen LogP contribution in [0.2, 0.25) is 0 Å². The van der Waals surface area contributed by atoms with E-state index in [-0.39, 0.29) is 5.76 Å². The van der Waals surface area contributed by atoms with Crippen molar-refractivity contribution in [3.05, 3.63) is 60.1 Å². The minimum atomic E-state index is -4.42. The predicted molar refractivity (Wildman–Crippen MR) is 71.7 cm³/mol. The third-order valence-corrected chi connectivity index (χ3v) is 3.07. The molecular formula is C15H9F3N2O2. The summed E-state index contributed by atoms with van der Waals surface area (Å²) in [5.41, 5.74) is 0.389. The van der Waals surface area contributed by atoms with E-state index in [0.717, 1.165) is 17.1 Å². The van der Waals surface area contributed by atoms with E-state index in [2.05, 4.69) is 5.10 Å². The van der Waals surface area contributed by atoms with Gasteiger partial charge in [-0.15, -0.1) is 0 Å². The number of hydrogen-bond donors (Lipinski definition) is 0. The van der Waals surface area contributed by atoms with Gasteiger partial charge in [0.15, 0.2) is 12.0 Å². The maximum absolute atomic E-state index is 12.5. The molecule has 7 heteroatoms. The van der Waals surface area contributed by atoms with Crippen molar-refractivity contribution in [3.63, 3.8) is 0 Å². The molecule has 0 N–H and O–H groups in total. The van der Waals surface area contributed by atoms with Gasteiger partial charge in [-0.3, -0.25) is 4.79 Å². The maximum Gasteiger partial charge on any atom is 0.419 e. The van der Waals surface area contributed by atoms with Crippen LogP contribution in [0.25, 0.3) is 17.0 Å². The molecule has 0 saturated heterocycles. The molecule has 0 fully saturated rings. The molecule has 0 amide bonds. The van der Waals surface area contributed by atoms with E-state index in [4.69, 9.17) is 4.42 Å². The smallest absolute Gasteiger partial charge is 0.419 e. The summed E-state index contributed by atoms with van der Waals surface area (Å²) >= 11 is 0. The summed E-state index contributed by atoms with van der Waals surface area (Å²) in [6.45, 7) is 0. The molecule has 2 heterocycles. The summed E-state index contributed by atoms with van der Waals surface area (Å²) in [4.78, 5) is 10.6. The number of carbonyl (C=O) groups excluding carboxylic acids is 1. The van der Waals surface area contributed by atoms with Gasteiger partial charge in [0.05, 0.1) is 17.4 Å². The molecular weight excluding hydrogens is 297 g/mol. The summed E-state index contributed by atoms with van der Waals surface area (Å²) in [5, 5.41) is 3.70. The molecule has 0 bridgehead atoms. The molecule has 0 spiro atoms. The van der Waals surface area contributed by atoms with E-state index in [1.807, 2.05) is 0 Å². The van der Waals surface area contributed by atoms with Gasteiger partial charge >= 0.3 is 6.18 Å². The molecule has 0 aliphatic heterocycles. The first-order chi connectivity index (χ1) is 10.5. The summed E-state index contributed by atoms with van der Waals surface area (Å²) in [5.74, 6) is 0.714. The average molecular weight is 306 g/mol. The van der Waals surface area contributed by atoms with Gasteiger partial charge in [0.25, 0.3) is 0 Å². The number of benzene rings is 1. The zero-order valence-corrected chi connectivity index (χ0v) is 11.0. The van der Waals surface area contributed by atoms with Crippen LogP contribution in [-0.2, 0) is 6.18 Å². The van der Waals surface area contributed by atoms with Crippen molar-refractivity contribution in [2.75, 3.05) is 0 Å². The number of halogens is 3. The maximum atomic E-state index is 12.5. The molecule has 0 atom stereocenters. The number of nitrogens with zero attached hydrogens (tertiary/aromatic N) is 2. The first-order valence-electron chi connectivity index (χ1n) is 6.25. The monoisotopic (exact) mass is 306 g/mol. The van der Waals surface area contributed by atoms with Crippen LogP contribution in [0.4, 0.5) is 13.2 Å². The van der Waals surface area contributed by atoms with E-state index >= 15 is 0 Å². The van der Waals surface area contributed by atoms with Gasteiger partial charge in [-0.1, -0.05) is 0 Å². The van der Waals surface area contributed by atoms with Crippen molar-refractivity contribution in [3.8, 4) is 17.0 Å². The molecule has 0 aliphatic carbocycles. The van der Waals surface area contributed by atoms with Gasteiger partial charge in [0.2, 0.25) is 0 Å². The predicted octanol–water partition coefficient (Wildman–Crippen LogP) is 3.96. The van der Waals surface area contributed by atoms with Crippen LogP contribution >= 0.6 is 0 Å². The van der Waals surface area contributed by atoms with Crippen molar-refractivity contribution in [2.45, 2.75) is 6.18 Å². The second-order valence-corrected chi connectivity index (χ2v) is 4.54. The second kappa shape index (κ2) is 5.18. The van der Waals surface area contributed by atoms with E-state index in [0.29, 0.717) is 23.3 Å². The Labute approximate surface area is 122 Å². The van der Waals surface area contributed by atoms with Crippen molar-refractivity contribution in [1.29, 1.82) is 0 Å². The highest BCUT2D eigenvalue weighted by atomic mass is 19.4. The fourth-order valence-corrected chi connectivity index (χ4v) is 1.96. The van der Waals surface area contributed by atoms with Crippen molar-refractivity contribution < 1.29 is 22.4 Å². The molecule has 1 aromatic carbocycles. The Balaban J connectivity index is 1.88. The molecule has 0 unspecified atom stereocenters. The Morgan fingerprint density at radius 1 is 1.09 bits per heavy atom. The third kappa shape index (κ3) is 2.65. The molecule has 0 saturated carbocycles. The Hall–Kier alpha value is -2.83. The normalized spacial score (nSPS) is 11.6. The zero-order valence-electron chi connectivity index (χ0n) is 11.0. The highest BCUT2D eigenvalue weighted by Crippen LogP contribution is 2.29. The zero-order chi connectivity index (χ0) is 15.7. The standard InChI is InChI=1S/C15H9F3N2O2/c16-15(17,18)11-7-19-20(8-11)12-3-1-10(2-4-12)14-6-5-13(9-21)22-14/h1-9H. The number of carbonyl (C=O) groups is 1. The lowest BCUT2D eigenvalue weighted by Gasteiger charge is -2.03. The lowest BCUT2D eigenvalue weighted by molar-refractivity contribution is -0.137. The lowest BCUT2D eigenvalue weighted by Crippen LogP contribution is -2.02. The first kappa shape index (κ1) is 14.1. The largest absolute Gasteiger partial charge is 0.453 e. The van der Waals surface area contributed by atoms with Gasteiger partial charge < -0.3 is 4.42 Å². The van der Waals surface area contributed by atoms with Gasteiger partial charge in [-0.2, -0.15) is 18.3 Å². The summed E-state index contributed by atoms with van der Waals surface area (Å²) in [7, 11) is 0. The number of furan rings is 1. The number of hydrogen-bond acceptors (Lipinski definition) is 3. The van der Waals surface area contributed by atoms with Gasteiger partial charge in [-0.05, 0) is 36.4 Å². The number of rotatable bonds is 3. The number of alkyl halides is 3. The van der Waals surface area contributed by atoms with E-state index in [1.165, 1.54) is 0 Å². The SMILES string of the molecule is O=Cc1ccc(-c2ccc(-n3cc(C(F)(F)F)cn3)cc2)o1. The van der Waals surface area contributed by atoms with Crippen LogP contribution in [0, 0.1) is 0 Å². The summed E-state index contributed by atoms with van der Waals surface area (Å²) in [6.07, 6.45) is -2.12. The molecule has 112 valence electrons. The number of aromatic nitrogens is 2. The van der Waals surface area contributed by atoms with Crippen molar-refractivity contribution in [2.24, 2.45) is 0 Å². The Kier molecular flexibility index (Phi) is 3.32. The van der Waals surface area contributed by atoms with Gasteiger partial charge in [0, 0.05) is 11.8 Å². The topological polar surface area (TPSA) is 48.0 Å². The molecule has 0 aliphatic rings. The van der Waals surface area contributed by atoms with Crippen molar-refractivity contribution >= 4 is 6.29 Å². The van der Waals surface area contributed by atoms with Crippen LogP contribution in [0.1, 0.15) is 16.1 Å². The molecule has 4 nitrogen and oxygen atoms in total. The van der Waals surface area contributed by atoms with Crippen LogP contribution in [0.5, 0.6) is 0 Å². The Bertz CT molecular complexity index is 801. The van der Waals surface area contributed by atoms with Crippen LogP contribution < -0.4 is 0 Å². The minimum Gasteiger partial charge on any atom is -0.453 e. The van der Waals surface area contributed by atoms with Crippen LogP contribution in [0.15, 0.2) is 53.2 Å². The molecule has 22 heavy (non-hydrogen) atoms. The molecule has 0 radical (unpaired) electrons. The average Bonchev–Trinajstić information content (AvgIpc) is 3.16. The number of aldehydes is 1. The summed E-state index contributed by atoms with van der Waals surface area (Å²) in [6, 6.07) is 9.78. The van der Waals surface area contributed by atoms with E-state index in [9.17, 15) is 18.0 Å². The van der Waals surface area contributed by atoms with Gasteiger partial charge in [-0.25, -0.2) is 4.68 Å². The molecule has 3 rings (SSSR count). The summed E-state index contributed by atoms with van der Waals surface area (Å²) < 4.78 is 44.1. The van der Waals surface area contributed by atoms with E-state index in [1.54, 1.807) is 36.4 Å². The molecule has 3 aromatic rings. The van der Waals surface area contributed by atoms with E-state index < -0.39 is 11.7 Å². The fraction of sp³-hybridized carbons (Fsp3) is 0.0667. The van der Waals surface area contributed by atoms with Crippen LogP contribution in [-0.4, -0.2) is 16.1 Å². The quantitative estimate of drug-likeness (QED) is 0.688. The highest BCUT2D eigenvalue weighted by Gasteiger charge is 2.32.